The van der Waals surface area contributed by atoms with E-state index in [-0.39, 0.29) is 6.04 Å². The lowest BCUT2D eigenvalue weighted by Crippen LogP contribution is -2.33. The van der Waals surface area contributed by atoms with E-state index < -0.39 is 10.0 Å². The third kappa shape index (κ3) is 3.30. The number of ether oxygens (including phenoxy) is 1. The van der Waals surface area contributed by atoms with Gasteiger partial charge in [-0.3, -0.25) is 4.98 Å². The summed E-state index contributed by atoms with van der Waals surface area (Å²) < 4.78 is 33.4. The Labute approximate surface area is 143 Å². The molecule has 5 nitrogen and oxygen atoms in total. The van der Waals surface area contributed by atoms with E-state index in [1.165, 1.54) is 0 Å². The van der Waals surface area contributed by atoms with Gasteiger partial charge in [0.15, 0.2) is 0 Å². The van der Waals surface area contributed by atoms with Crippen LogP contribution in [0.25, 0.3) is 0 Å². The van der Waals surface area contributed by atoms with Gasteiger partial charge in [-0.1, -0.05) is 6.07 Å². The molecule has 2 aromatic rings. The number of aromatic nitrogens is 1. The molecule has 3 rings (SSSR count). The zero-order valence-corrected chi connectivity index (χ0v) is 15.0. The van der Waals surface area contributed by atoms with Gasteiger partial charge in [-0.05, 0) is 61.6 Å². The summed E-state index contributed by atoms with van der Waals surface area (Å²) >= 11 is 0. The summed E-state index contributed by atoms with van der Waals surface area (Å²) in [7, 11) is -1.97. The molecule has 6 heteroatoms. The molecule has 0 radical (unpaired) electrons. The van der Waals surface area contributed by atoms with Gasteiger partial charge in [-0.15, -0.1) is 0 Å². The summed E-state index contributed by atoms with van der Waals surface area (Å²) in [5.41, 5.74) is 2.42. The molecule has 0 amide bonds. The van der Waals surface area contributed by atoms with Crippen molar-refractivity contribution in [3.05, 3.63) is 53.3 Å². The normalized spacial score (nSPS) is 14.8. The van der Waals surface area contributed by atoms with Crippen molar-refractivity contribution in [2.24, 2.45) is 0 Å². The summed E-state index contributed by atoms with van der Waals surface area (Å²) in [5.74, 6) is 0.705. The molecular formula is C18H22N2O3S. The number of pyridine rings is 1. The first kappa shape index (κ1) is 16.9. The standard InChI is InChI=1S/C18H22N2O3S/c1-13-10-18(14(2)9-17(13)23-3)24(21,22)20(16-6-7-16)12-15-5-4-8-19-11-15/h4-5,8-11,16H,6-7,12H2,1-3H3. The quantitative estimate of drug-likeness (QED) is 0.806. The molecule has 0 atom stereocenters. The van der Waals surface area contributed by atoms with E-state index in [2.05, 4.69) is 4.98 Å². The van der Waals surface area contributed by atoms with Gasteiger partial charge in [-0.2, -0.15) is 4.31 Å². The first-order valence-electron chi connectivity index (χ1n) is 7.99. The zero-order valence-electron chi connectivity index (χ0n) is 14.2. The van der Waals surface area contributed by atoms with Gasteiger partial charge in [0.2, 0.25) is 10.0 Å². The summed E-state index contributed by atoms with van der Waals surface area (Å²) in [6.45, 7) is 4.02. The smallest absolute Gasteiger partial charge is 0.243 e. The molecule has 0 bridgehead atoms. The van der Waals surface area contributed by atoms with Crippen molar-refractivity contribution in [2.75, 3.05) is 7.11 Å². The summed E-state index contributed by atoms with van der Waals surface area (Å²) in [4.78, 5) is 4.45. The predicted octanol–water partition coefficient (Wildman–Crippen LogP) is 3.06. The van der Waals surface area contributed by atoms with E-state index in [0.717, 1.165) is 24.0 Å². The highest BCUT2D eigenvalue weighted by Crippen LogP contribution is 2.35. The second-order valence-electron chi connectivity index (χ2n) is 6.23. The Morgan fingerprint density at radius 2 is 2.00 bits per heavy atom. The maximum atomic E-state index is 13.3. The van der Waals surface area contributed by atoms with Gasteiger partial charge < -0.3 is 4.74 Å². The Kier molecular flexibility index (Phi) is 4.60. The first-order valence-corrected chi connectivity index (χ1v) is 9.43. The minimum Gasteiger partial charge on any atom is -0.496 e. The van der Waals surface area contributed by atoms with Gasteiger partial charge in [0.1, 0.15) is 5.75 Å². The van der Waals surface area contributed by atoms with Crippen LogP contribution in [0.5, 0.6) is 5.75 Å². The molecule has 1 aliphatic rings. The predicted molar refractivity (Wildman–Crippen MR) is 92.5 cm³/mol. The van der Waals surface area contributed by atoms with Crippen molar-refractivity contribution in [1.82, 2.24) is 9.29 Å². The van der Waals surface area contributed by atoms with Crippen LogP contribution in [0.15, 0.2) is 41.6 Å². The van der Waals surface area contributed by atoms with Crippen molar-refractivity contribution >= 4 is 10.0 Å². The Hall–Kier alpha value is -1.92. The third-order valence-electron chi connectivity index (χ3n) is 4.29. The molecule has 1 aliphatic carbocycles. The fraction of sp³-hybridized carbons (Fsp3) is 0.389. The number of sulfonamides is 1. The second-order valence-corrected chi connectivity index (χ2v) is 8.09. The lowest BCUT2D eigenvalue weighted by Gasteiger charge is -2.23. The van der Waals surface area contributed by atoms with Crippen LogP contribution in [0, 0.1) is 13.8 Å². The molecular weight excluding hydrogens is 324 g/mol. The minimum atomic E-state index is -3.56. The summed E-state index contributed by atoms with van der Waals surface area (Å²) in [5, 5.41) is 0. The summed E-state index contributed by atoms with van der Waals surface area (Å²) in [6, 6.07) is 7.32. The maximum absolute atomic E-state index is 13.3. The highest BCUT2D eigenvalue weighted by atomic mass is 32.2. The molecule has 1 saturated carbocycles. The van der Waals surface area contributed by atoms with E-state index in [1.54, 1.807) is 35.9 Å². The van der Waals surface area contributed by atoms with Crippen molar-refractivity contribution in [1.29, 1.82) is 0 Å². The number of rotatable bonds is 6. The highest BCUT2D eigenvalue weighted by molar-refractivity contribution is 7.89. The van der Waals surface area contributed by atoms with Gasteiger partial charge in [0.25, 0.3) is 0 Å². The van der Waals surface area contributed by atoms with Crippen LogP contribution in [-0.4, -0.2) is 30.9 Å². The largest absolute Gasteiger partial charge is 0.496 e. The Morgan fingerprint density at radius 3 is 2.58 bits per heavy atom. The topological polar surface area (TPSA) is 59.5 Å². The lowest BCUT2D eigenvalue weighted by atomic mass is 10.1. The van der Waals surface area contributed by atoms with Crippen molar-refractivity contribution < 1.29 is 13.2 Å². The monoisotopic (exact) mass is 346 g/mol. The molecule has 1 heterocycles. The molecule has 0 N–H and O–H groups in total. The SMILES string of the molecule is COc1cc(C)c(S(=O)(=O)N(Cc2cccnc2)C2CC2)cc1C. The van der Waals surface area contributed by atoms with Crippen LogP contribution in [0.3, 0.4) is 0 Å². The summed E-state index contributed by atoms with van der Waals surface area (Å²) in [6.07, 6.45) is 5.23. The fourth-order valence-electron chi connectivity index (χ4n) is 2.83. The zero-order chi connectivity index (χ0) is 17.3. The molecule has 1 aromatic heterocycles. The van der Waals surface area contributed by atoms with E-state index in [0.29, 0.717) is 22.8 Å². The molecule has 0 saturated heterocycles. The fourth-order valence-corrected chi connectivity index (χ4v) is 4.80. The number of methoxy groups -OCH3 is 1. The van der Waals surface area contributed by atoms with Crippen LogP contribution in [0.4, 0.5) is 0 Å². The van der Waals surface area contributed by atoms with Crippen LogP contribution in [0.2, 0.25) is 0 Å². The Bertz CT molecular complexity index is 831. The number of hydrogen-bond acceptors (Lipinski definition) is 4. The van der Waals surface area contributed by atoms with Crippen molar-refractivity contribution in [2.45, 2.75) is 44.2 Å². The Morgan fingerprint density at radius 1 is 1.25 bits per heavy atom. The van der Waals surface area contributed by atoms with E-state index in [9.17, 15) is 8.42 Å². The van der Waals surface area contributed by atoms with Gasteiger partial charge >= 0.3 is 0 Å². The van der Waals surface area contributed by atoms with Crippen LogP contribution in [0.1, 0.15) is 29.5 Å². The number of hydrogen-bond donors (Lipinski definition) is 0. The van der Waals surface area contributed by atoms with E-state index >= 15 is 0 Å². The van der Waals surface area contributed by atoms with Crippen LogP contribution in [-0.2, 0) is 16.6 Å². The molecule has 1 aromatic carbocycles. The molecule has 0 aliphatic heterocycles. The van der Waals surface area contributed by atoms with Crippen molar-refractivity contribution in [3.63, 3.8) is 0 Å². The molecule has 24 heavy (non-hydrogen) atoms. The minimum absolute atomic E-state index is 0.0806. The van der Waals surface area contributed by atoms with E-state index in [1.807, 2.05) is 26.0 Å². The van der Waals surface area contributed by atoms with Gasteiger partial charge in [0.05, 0.1) is 12.0 Å². The van der Waals surface area contributed by atoms with E-state index in [4.69, 9.17) is 4.74 Å². The van der Waals surface area contributed by atoms with Crippen LogP contribution >= 0.6 is 0 Å². The third-order valence-corrected chi connectivity index (χ3v) is 6.33. The first-order chi connectivity index (χ1) is 11.4. The Balaban J connectivity index is 1.99. The van der Waals surface area contributed by atoms with Gasteiger partial charge in [0, 0.05) is 25.0 Å². The van der Waals surface area contributed by atoms with Gasteiger partial charge in [-0.25, -0.2) is 8.42 Å². The second kappa shape index (κ2) is 6.53. The maximum Gasteiger partial charge on any atom is 0.243 e. The average Bonchev–Trinajstić information content (AvgIpc) is 3.39. The number of nitrogens with zero attached hydrogens (tertiary/aromatic N) is 2. The molecule has 0 spiro atoms. The molecule has 0 unspecified atom stereocenters. The highest BCUT2D eigenvalue weighted by Gasteiger charge is 2.38. The molecule has 128 valence electrons. The average molecular weight is 346 g/mol. The number of aryl methyl sites for hydroxylation is 2. The van der Waals surface area contributed by atoms with Crippen molar-refractivity contribution in [3.8, 4) is 5.75 Å². The number of benzene rings is 1. The van der Waals surface area contributed by atoms with Crippen LogP contribution < -0.4 is 4.74 Å². The molecule has 1 fully saturated rings. The lowest BCUT2D eigenvalue weighted by molar-refractivity contribution is 0.396.